The molecular weight excluding hydrogens is 722 g/mol. The molecule has 0 bridgehead atoms. The van der Waals surface area contributed by atoms with E-state index in [-0.39, 0.29) is 17.4 Å². The maximum atomic E-state index is 12.7. The maximum absolute atomic E-state index is 12.7. The molecule has 0 heterocycles. The summed E-state index contributed by atoms with van der Waals surface area (Å²) in [6, 6.07) is 0. The van der Waals surface area contributed by atoms with Crippen molar-refractivity contribution in [1.29, 1.82) is 0 Å². The number of ether oxygens (including phenoxy) is 5. The van der Waals surface area contributed by atoms with Gasteiger partial charge in [0.25, 0.3) is 0 Å². The van der Waals surface area contributed by atoms with Gasteiger partial charge in [-0.3, -0.25) is 0 Å². The molecule has 0 rings (SSSR count). The second kappa shape index (κ2) is 20.9. The number of methoxy groups -OCH3 is 1. The number of alkyl halides is 14. The van der Waals surface area contributed by atoms with Gasteiger partial charge < -0.3 is 24.1 Å². The van der Waals surface area contributed by atoms with E-state index < -0.39 is 54.0 Å². The van der Waals surface area contributed by atoms with Crippen molar-refractivity contribution < 1.29 is 90.3 Å². The Balaban J connectivity index is -0.000000291. The van der Waals surface area contributed by atoms with Crippen LogP contribution in [0.3, 0.4) is 0 Å². The number of halogens is 14. The predicted molar refractivity (Wildman–Crippen MR) is 157 cm³/mol. The molecule has 0 fully saturated rings. The zero-order valence-corrected chi connectivity index (χ0v) is 30.7. The first kappa shape index (κ1) is 55.5. The summed E-state index contributed by atoms with van der Waals surface area (Å²) in [5, 5.41) is 8.34. The van der Waals surface area contributed by atoms with Gasteiger partial charge in [-0.15, -0.1) is 13.2 Å². The minimum atomic E-state index is -6.25. The van der Waals surface area contributed by atoms with E-state index >= 15 is 0 Å². The lowest BCUT2D eigenvalue weighted by Crippen LogP contribution is -2.58. The van der Waals surface area contributed by atoms with Gasteiger partial charge in [-0.2, -0.15) is 48.3 Å². The molecule has 6 nitrogen and oxygen atoms in total. The highest BCUT2D eigenvalue weighted by atomic mass is 19.4. The topological polar surface area (TPSA) is 66.4 Å². The first-order valence-electron chi connectivity index (χ1n) is 14.8. The van der Waals surface area contributed by atoms with Crippen molar-refractivity contribution in [1.82, 2.24) is 0 Å². The summed E-state index contributed by atoms with van der Waals surface area (Å²) in [4.78, 5) is 0. The molecular formula is C30H54F14O6. The summed E-state index contributed by atoms with van der Waals surface area (Å²) in [5.41, 5.74) is -2.90. The Labute approximate surface area is 285 Å². The monoisotopic (exact) mass is 776 g/mol. The van der Waals surface area contributed by atoms with Crippen LogP contribution in [0.2, 0.25) is 0 Å². The van der Waals surface area contributed by atoms with Gasteiger partial charge in [0, 0.05) is 12.5 Å². The van der Waals surface area contributed by atoms with E-state index in [4.69, 9.17) is 19.3 Å². The van der Waals surface area contributed by atoms with Crippen LogP contribution >= 0.6 is 0 Å². The first-order chi connectivity index (χ1) is 21.5. The zero-order valence-electron chi connectivity index (χ0n) is 30.7. The highest BCUT2D eigenvalue weighted by molar-refractivity contribution is 4.98. The van der Waals surface area contributed by atoms with E-state index in [1.807, 2.05) is 4.74 Å². The van der Waals surface area contributed by atoms with E-state index in [0.29, 0.717) is 47.2 Å². The quantitative estimate of drug-likeness (QED) is 0.157. The molecule has 50 heavy (non-hydrogen) atoms. The Hall–Kier alpha value is -1.22. The molecule has 0 radical (unpaired) electrons. The third-order valence-corrected chi connectivity index (χ3v) is 4.70. The standard InChI is InChI=1S/C8H11F7O2.C8H18O2.C7H9F7.C7H16O2/c1-5(2,3)4-16-6(9,10)7(11,12)17-8(13,14)15;1-8(2,3)7-10-6-5-9-4;1-4(2,3)5(8,9)6(10,11)7(12,13)14;1-7(2,3)6-9-5-4-8/h4H2,1-3H3;5-7H2,1-4H3;1-3H3;8H,4-6H2,1-3H3. The summed E-state index contributed by atoms with van der Waals surface area (Å²) < 4.78 is 190. The fourth-order valence-corrected chi connectivity index (χ4v) is 2.21. The van der Waals surface area contributed by atoms with Gasteiger partial charge in [0.2, 0.25) is 0 Å². The Morgan fingerprint density at radius 2 is 0.820 bits per heavy atom. The SMILES string of the molecule is CC(C)(C)C(F)(F)C(F)(F)C(F)(F)F.CC(C)(C)COC(F)(F)C(F)(F)OC(F)(F)F.CC(C)(C)COCCO.COCCOCC(C)(C)C. The molecule has 0 saturated carbocycles. The normalized spacial score (nSPS) is 14.2. The predicted octanol–water partition coefficient (Wildman–Crippen LogP) is 10.4. The Kier molecular flexibility index (Phi) is 23.2. The van der Waals surface area contributed by atoms with Crippen LogP contribution in [0.15, 0.2) is 0 Å². The molecule has 0 spiro atoms. The van der Waals surface area contributed by atoms with Gasteiger partial charge in [0.1, 0.15) is 0 Å². The molecule has 0 unspecified atom stereocenters. The molecule has 0 aromatic rings. The van der Waals surface area contributed by atoms with E-state index in [1.54, 1.807) is 7.11 Å². The van der Waals surface area contributed by atoms with Gasteiger partial charge in [-0.1, -0.05) is 83.1 Å². The van der Waals surface area contributed by atoms with Crippen molar-refractivity contribution in [2.24, 2.45) is 21.7 Å². The highest BCUT2D eigenvalue weighted by Gasteiger charge is 2.76. The van der Waals surface area contributed by atoms with Crippen LogP contribution in [-0.2, 0) is 23.7 Å². The van der Waals surface area contributed by atoms with Crippen LogP contribution in [0.25, 0.3) is 0 Å². The van der Waals surface area contributed by atoms with Crippen molar-refractivity contribution in [2.75, 3.05) is 53.4 Å². The number of hydrogen-bond donors (Lipinski definition) is 1. The zero-order chi connectivity index (χ0) is 41.5. The van der Waals surface area contributed by atoms with E-state index in [2.05, 4.69) is 46.3 Å². The largest absolute Gasteiger partial charge is 0.527 e. The van der Waals surface area contributed by atoms with E-state index in [0.717, 1.165) is 6.61 Å². The first-order valence-corrected chi connectivity index (χ1v) is 14.8. The number of hydrogen-bond acceptors (Lipinski definition) is 6. The van der Waals surface area contributed by atoms with Crippen molar-refractivity contribution in [3.05, 3.63) is 0 Å². The minimum Gasteiger partial charge on any atom is -0.394 e. The van der Waals surface area contributed by atoms with Crippen molar-refractivity contribution in [2.45, 2.75) is 120 Å². The third-order valence-electron chi connectivity index (χ3n) is 4.70. The summed E-state index contributed by atoms with van der Waals surface area (Å²) in [6.45, 7) is 21.4. The summed E-state index contributed by atoms with van der Waals surface area (Å²) in [7, 11) is 1.68. The lowest BCUT2D eigenvalue weighted by atomic mass is 9.84. The molecule has 0 aromatic carbocycles. The average molecular weight is 777 g/mol. The smallest absolute Gasteiger partial charge is 0.394 e. The molecule has 0 aliphatic heterocycles. The van der Waals surface area contributed by atoms with Crippen LogP contribution < -0.4 is 0 Å². The van der Waals surface area contributed by atoms with Gasteiger partial charge in [-0.25, -0.2) is 4.74 Å². The maximum Gasteiger partial charge on any atom is 0.527 e. The van der Waals surface area contributed by atoms with Crippen LogP contribution in [0.1, 0.15) is 83.1 Å². The molecule has 20 heteroatoms. The Bertz CT molecular complexity index is 858. The van der Waals surface area contributed by atoms with Crippen molar-refractivity contribution in [3.8, 4) is 0 Å². The third kappa shape index (κ3) is 26.5. The van der Waals surface area contributed by atoms with Gasteiger partial charge in [0.15, 0.2) is 0 Å². The summed E-state index contributed by atoms with van der Waals surface area (Å²) in [6.07, 6.45) is -23.3. The van der Waals surface area contributed by atoms with Crippen molar-refractivity contribution >= 4 is 0 Å². The van der Waals surface area contributed by atoms with Gasteiger partial charge >= 0.3 is 36.6 Å². The second-order valence-electron chi connectivity index (χ2n) is 15.3. The molecule has 308 valence electrons. The fourth-order valence-electron chi connectivity index (χ4n) is 2.21. The van der Waals surface area contributed by atoms with Crippen LogP contribution in [0.5, 0.6) is 0 Å². The highest BCUT2D eigenvalue weighted by Crippen LogP contribution is 2.53. The lowest BCUT2D eigenvalue weighted by Gasteiger charge is -2.36. The Morgan fingerprint density at radius 3 is 1.06 bits per heavy atom. The molecule has 0 aliphatic rings. The second-order valence-corrected chi connectivity index (χ2v) is 15.3. The lowest BCUT2D eigenvalue weighted by molar-refractivity contribution is -0.505. The number of aliphatic hydroxyl groups is 1. The van der Waals surface area contributed by atoms with Crippen molar-refractivity contribution in [3.63, 3.8) is 0 Å². The molecule has 1 N–H and O–H groups in total. The summed E-state index contributed by atoms with van der Waals surface area (Å²) >= 11 is 0. The number of rotatable bonds is 12. The van der Waals surface area contributed by atoms with Crippen LogP contribution in [-0.4, -0.2) is 95.1 Å². The fraction of sp³-hybridized carbons (Fsp3) is 1.00. The average Bonchev–Trinajstić information content (AvgIpc) is 2.82. The minimum absolute atomic E-state index is 0.121. The van der Waals surface area contributed by atoms with Crippen LogP contribution in [0.4, 0.5) is 61.5 Å². The molecule has 0 amide bonds. The van der Waals surface area contributed by atoms with Crippen LogP contribution in [0, 0.1) is 21.7 Å². The molecule has 0 aromatic heterocycles. The van der Waals surface area contributed by atoms with E-state index in [9.17, 15) is 61.5 Å². The van der Waals surface area contributed by atoms with E-state index in [1.165, 1.54) is 20.8 Å². The molecule has 0 aliphatic carbocycles. The Morgan fingerprint density at radius 1 is 0.460 bits per heavy atom. The number of aliphatic hydroxyl groups excluding tert-OH is 1. The summed E-state index contributed by atoms with van der Waals surface area (Å²) in [5.74, 6) is -11.2. The van der Waals surface area contributed by atoms with Gasteiger partial charge in [-0.05, 0) is 16.2 Å². The van der Waals surface area contributed by atoms with Gasteiger partial charge in [0.05, 0.1) is 46.2 Å². The molecule has 0 atom stereocenters. The molecule has 0 saturated heterocycles.